The largest absolute Gasteiger partial charge is 0.494 e. The van der Waals surface area contributed by atoms with E-state index in [9.17, 15) is 5.26 Å². The summed E-state index contributed by atoms with van der Waals surface area (Å²) < 4.78 is 5.74. The smallest absolute Gasteiger partial charge is 0.134 e. The van der Waals surface area contributed by atoms with Gasteiger partial charge in [0.2, 0.25) is 0 Å². The van der Waals surface area contributed by atoms with E-state index in [1.165, 1.54) is 24.2 Å². The lowest BCUT2D eigenvalue weighted by Crippen LogP contribution is -1.96. The molecule has 0 amide bonds. The van der Waals surface area contributed by atoms with E-state index in [1.807, 2.05) is 66.1 Å². The third-order valence-corrected chi connectivity index (χ3v) is 5.01. The highest BCUT2D eigenvalue weighted by Crippen LogP contribution is 2.27. The van der Waals surface area contributed by atoms with E-state index in [4.69, 9.17) is 4.74 Å². The highest BCUT2D eigenvalue weighted by atomic mass is 32.1. The Labute approximate surface area is 164 Å². The van der Waals surface area contributed by atoms with E-state index in [-0.39, 0.29) is 0 Å². The van der Waals surface area contributed by atoms with Crippen LogP contribution in [-0.2, 0) is 0 Å². The quantitative estimate of drug-likeness (QED) is 0.336. The molecule has 0 spiro atoms. The monoisotopic (exact) mass is 374 g/mol. The summed E-state index contributed by atoms with van der Waals surface area (Å²) in [7, 11) is 0. The molecule has 0 saturated heterocycles. The summed E-state index contributed by atoms with van der Waals surface area (Å²) in [6, 6.07) is 20.1. The fourth-order valence-electron chi connectivity index (χ4n) is 2.65. The number of allylic oxidation sites excluding steroid dienone is 1. The summed E-state index contributed by atoms with van der Waals surface area (Å²) in [6.07, 6.45) is 5.32. The second-order valence-electron chi connectivity index (χ2n) is 6.20. The van der Waals surface area contributed by atoms with E-state index in [0.717, 1.165) is 40.6 Å². The molecule has 0 bridgehead atoms. The molecule has 0 fully saturated rings. The normalized spacial score (nSPS) is 11.2. The SMILES string of the molecule is CCCCCOc1ccc(/C=C(/C#N)c2nc(-c3ccccc3)cs2)cc1. The van der Waals surface area contributed by atoms with Gasteiger partial charge in [0.25, 0.3) is 0 Å². The van der Waals surface area contributed by atoms with Gasteiger partial charge in [-0.1, -0.05) is 62.2 Å². The molecule has 0 saturated carbocycles. The molecule has 0 atom stereocenters. The standard InChI is InChI=1S/C23H22N2OS/c1-2-3-7-14-26-21-12-10-18(11-13-21)15-20(16-24)23-25-22(17-27-23)19-8-5-4-6-9-19/h4-6,8-13,15,17H,2-3,7,14H2,1H3/b20-15-. The van der Waals surface area contributed by atoms with E-state index >= 15 is 0 Å². The number of nitrogens with zero attached hydrogens (tertiary/aromatic N) is 2. The van der Waals surface area contributed by atoms with Gasteiger partial charge < -0.3 is 4.74 Å². The lowest BCUT2D eigenvalue weighted by Gasteiger charge is -2.05. The van der Waals surface area contributed by atoms with Crippen LogP contribution in [-0.4, -0.2) is 11.6 Å². The van der Waals surface area contributed by atoms with Crippen LogP contribution < -0.4 is 4.74 Å². The third kappa shape index (κ3) is 5.29. The molecule has 2 aromatic carbocycles. The van der Waals surface area contributed by atoms with Crippen molar-refractivity contribution in [3.05, 3.63) is 70.5 Å². The lowest BCUT2D eigenvalue weighted by molar-refractivity contribution is 0.306. The van der Waals surface area contributed by atoms with Gasteiger partial charge in [0.1, 0.15) is 16.8 Å². The van der Waals surface area contributed by atoms with E-state index < -0.39 is 0 Å². The topological polar surface area (TPSA) is 45.9 Å². The number of rotatable bonds is 8. The number of aromatic nitrogens is 1. The molecule has 3 aromatic rings. The zero-order chi connectivity index (χ0) is 18.9. The number of thiazole rings is 1. The van der Waals surface area contributed by atoms with Gasteiger partial charge in [-0.3, -0.25) is 0 Å². The van der Waals surface area contributed by atoms with Crippen molar-refractivity contribution in [1.82, 2.24) is 4.98 Å². The Morgan fingerprint density at radius 3 is 2.59 bits per heavy atom. The zero-order valence-corrected chi connectivity index (χ0v) is 16.2. The average Bonchev–Trinajstić information content (AvgIpc) is 3.21. The third-order valence-electron chi connectivity index (χ3n) is 4.13. The van der Waals surface area contributed by atoms with Crippen molar-refractivity contribution in [3.8, 4) is 23.1 Å². The molecule has 3 nitrogen and oxygen atoms in total. The summed E-state index contributed by atoms with van der Waals surface area (Å²) >= 11 is 1.49. The Morgan fingerprint density at radius 2 is 1.89 bits per heavy atom. The maximum absolute atomic E-state index is 9.57. The molecular weight excluding hydrogens is 352 g/mol. The van der Waals surface area contributed by atoms with Gasteiger partial charge in [-0.05, 0) is 30.2 Å². The molecule has 1 aromatic heterocycles. The predicted octanol–water partition coefficient (Wildman–Crippen LogP) is 6.44. The summed E-state index contributed by atoms with van der Waals surface area (Å²) in [6.45, 7) is 2.92. The molecule has 0 N–H and O–H groups in total. The van der Waals surface area contributed by atoms with Crippen LogP contribution in [0.4, 0.5) is 0 Å². The number of nitriles is 1. The Morgan fingerprint density at radius 1 is 1.11 bits per heavy atom. The number of unbranched alkanes of at least 4 members (excludes halogenated alkanes) is 2. The van der Waals surface area contributed by atoms with Gasteiger partial charge in [-0.2, -0.15) is 5.26 Å². The minimum absolute atomic E-state index is 0.568. The van der Waals surface area contributed by atoms with Gasteiger partial charge in [-0.25, -0.2) is 4.98 Å². The first-order valence-electron chi connectivity index (χ1n) is 9.16. The lowest BCUT2D eigenvalue weighted by atomic mass is 10.1. The van der Waals surface area contributed by atoms with Gasteiger partial charge >= 0.3 is 0 Å². The summed E-state index contributed by atoms with van der Waals surface area (Å²) in [5.41, 5.74) is 3.48. The predicted molar refractivity (Wildman–Crippen MR) is 112 cm³/mol. The maximum atomic E-state index is 9.57. The molecule has 136 valence electrons. The molecule has 0 aliphatic carbocycles. The number of hydrogen-bond acceptors (Lipinski definition) is 4. The molecule has 1 heterocycles. The van der Waals surface area contributed by atoms with Crippen LogP contribution in [0.1, 0.15) is 36.8 Å². The number of ether oxygens (including phenoxy) is 1. The summed E-state index contributed by atoms with van der Waals surface area (Å²) in [5.74, 6) is 0.863. The van der Waals surface area contributed by atoms with Crippen molar-refractivity contribution in [2.75, 3.05) is 6.61 Å². The zero-order valence-electron chi connectivity index (χ0n) is 15.4. The van der Waals surface area contributed by atoms with Crippen molar-refractivity contribution in [3.63, 3.8) is 0 Å². The second-order valence-corrected chi connectivity index (χ2v) is 7.06. The Kier molecular flexibility index (Phi) is 6.78. The van der Waals surface area contributed by atoms with Crippen LogP contribution in [0, 0.1) is 11.3 Å². The maximum Gasteiger partial charge on any atom is 0.134 e. The van der Waals surface area contributed by atoms with Crippen LogP contribution in [0.3, 0.4) is 0 Å². The fraction of sp³-hybridized carbons (Fsp3) is 0.217. The van der Waals surface area contributed by atoms with Gasteiger partial charge in [0.15, 0.2) is 0 Å². The fourth-order valence-corrected chi connectivity index (χ4v) is 3.44. The van der Waals surface area contributed by atoms with E-state index in [1.54, 1.807) is 0 Å². The first-order chi connectivity index (χ1) is 13.3. The minimum atomic E-state index is 0.568. The first kappa shape index (κ1) is 18.9. The van der Waals surface area contributed by atoms with Crippen molar-refractivity contribution < 1.29 is 4.74 Å². The number of hydrogen-bond donors (Lipinski definition) is 0. The highest BCUT2D eigenvalue weighted by Gasteiger charge is 2.09. The Bertz CT molecular complexity index is 921. The Hall–Kier alpha value is -2.90. The molecule has 27 heavy (non-hydrogen) atoms. The van der Waals surface area contributed by atoms with Crippen molar-refractivity contribution >= 4 is 23.0 Å². The number of benzene rings is 2. The molecule has 0 unspecified atom stereocenters. The van der Waals surface area contributed by atoms with Crippen LogP contribution in [0.2, 0.25) is 0 Å². The van der Waals surface area contributed by atoms with Gasteiger partial charge in [0.05, 0.1) is 17.9 Å². The van der Waals surface area contributed by atoms with E-state index in [2.05, 4.69) is 18.0 Å². The van der Waals surface area contributed by atoms with Crippen molar-refractivity contribution in [2.24, 2.45) is 0 Å². The van der Waals surface area contributed by atoms with Crippen molar-refractivity contribution in [1.29, 1.82) is 5.26 Å². The summed E-state index contributed by atoms with van der Waals surface area (Å²) in [4.78, 5) is 4.63. The van der Waals surface area contributed by atoms with Crippen LogP contribution in [0.5, 0.6) is 5.75 Å². The molecule has 0 aliphatic rings. The van der Waals surface area contributed by atoms with Crippen LogP contribution >= 0.6 is 11.3 Å². The van der Waals surface area contributed by atoms with Crippen LogP contribution in [0.15, 0.2) is 60.0 Å². The molecule has 4 heteroatoms. The first-order valence-corrected chi connectivity index (χ1v) is 10.0. The van der Waals surface area contributed by atoms with Gasteiger partial charge in [-0.15, -0.1) is 11.3 Å². The minimum Gasteiger partial charge on any atom is -0.494 e. The van der Waals surface area contributed by atoms with Crippen LogP contribution in [0.25, 0.3) is 22.9 Å². The molecule has 0 radical (unpaired) electrons. The van der Waals surface area contributed by atoms with Gasteiger partial charge in [0, 0.05) is 10.9 Å². The highest BCUT2D eigenvalue weighted by molar-refractivity contribution is 7.11. The molecule has 0 aliphatic heterocycles. The Balaban J connectivity index is 1.71. The molecular formula is C23H22N2OS. The van der Waals surface area contributed by atoms with Crippen molar-refractivity contribution in [2.45, 2.75) is 26.2 Å². The van der Waals surface area contributed by atoms with E-state index in [0.29, 0.717) is 5.57 Å². The second kappa shape index (κ2) is 9.70. The summed E-state index contributed by atoms with van der Waals surface area (Å²) in [5, 5.41) is 12.3. The molecule has 3 rings (SSSR count). The average molecular weight is 375 g/mol.